The molecule has 0 aromatic carbocycles. The summed E-state index contributed by atoms with van der Waals surface area (Å²) in [5.41, 5.74) is -1.52. The van der Waals surface area contributed by atoms with Crippen LogP contribution < -0.4 is 5.56 Å². The standard InChI is InChI=1S/C22H26F3N3O2S/c1-30-4-2-3-28-18-17(19(29)27-20(28)31)15(22(23,24)25)8-16(26-18)21-9-12-5-13(10-21)7-14(6-12)11-21/h8,12-14H,2-7,9-11H2,1H3,(H,27,29,31). The zero-order valence-corrected chi connectivity index (χ0v) is 18.2. The molecule has 0 aliphatic heterocycles. The van der Waals surface area contributed by atoms with Gasteiger partial charge >= 0.3 is 6.18 Å². The predicted octanol–water partition coefficient (Wildman–Crippen LogP) is 4.98. The number of aromatic amines is 1. The Balaban J connectivity index is 1.74. The molecule has 0 amide bonds. The summed E-state index contributed by atoms with van der Waals surface area (Å²) in [6, 6.07) is 1.16. The van der Waals surface area contributed by atoms with Crippen LogP contribution in [0.15, 0.2) is 10.9 Å². The van der Waals surface area contributed by atoms with Crippen LogP contribution in [-0.2, 0) is 22.9 Å². The maximum Gasteiger partial charge on any atom is 0.417 e. The number of hydrogen-bond acceptors (Lipinski definition) is 4. The van der Waals surface area contributed by atoms with E-state index in [1.807, 2.05) is 0 Å². The van der Waals surface area contributed by atoms with Gasteiger partial charge in [0, 0.05) is 31.4 Å². The van der Waals surface area contributed by atoms with Crippen LogP contribution in [0.5, 0.6) is 0 Å². The number of rotatable bonds is 5. The first-order chi connectivity index (χ1) is 14.7. The van der Waals surface area contributed by atoms with E-state index in [0.717, 1.165) is 25.3 Å². The number of nitrogens with zero attached hydrogens (tertiary/aromatic N) is 2. The molecule has 0 radical (unpaired) electrons. The lowest BCUT2D eigenvalue weighted by Gasteiger charge is -2.56. The Hall–Kier alpha value is -1.74. The number of hydrogen-bond donors (Lipinski definition) is 1. The summed E-state index contributed by atoms with van der Waals surface area (Å²) >= 11 is 5.31. The Morgan fingerprint density at radius 2 is 1.84 bits per heavy atom. The normalized spacial score (nSPS) is 29.7. The van der Waals surface area contributed by atoms with E-state index < -0.39 is 22.7 Å². The van der Waals surface area contributed by atoms with E-state index in [1.54, 1.807) is 7.11 Å². The minimum Gasteiger partial charge on any atom is -0.385 e. The zero-order chi connectivity index (χ0) is 22.0. The Bertz CT molecular complexity index is 1100. The van der Waals surface area contributed by atoms with E-state index in [1.165, 1.54) is 23.8 Å². The van der Waals surface area contributed by atoms with Crippen molar-refractivity contribution in [2.75, 3.05) is 13.7 Å². The van der Waals surface area contributed by atoms with Gasteiger partial charge in [-0.05, 0) is 81.0 Å². The molecule has 31 heavy (non-hydrogen) atoms. The number of fused-ring (bicyclic) bond motifs is 1. The van der Waals surface area contributed by atoms with Gasteiger partial charge < -0.3 is 9.30 Å². The van der Waals surface area contributed by atoms with Gasteiger partial charge in [-0.1, -0.05) is 0 Å². The Morgan fingerprint density at radius 1 is 1.23 bits per heavy atom. The predicted molar refractivity (Wildman–Crippen MR) is 113 cm³/mol. The summed E-state index contributed by atoms with van der Waals surface area (Å²) in [4.78, 5) is 19.8. The zero-order valence-electron chi connectivity index (χ0n) is 17.4. The van der Waals surface area contributed by atoms with Crippen LogP contribution in [-0.4, -0.2) is 28.3 Å². The van der Waals surface area contributed by atoms with Crippen LogP contribution in [0.25, 0.3) is 11.0 Å². The first-order valence-corrected chi connectivity index (χ1v) is 11.4. The third kappa shape index (κ3) is 3.53. The topological polar surface area (TPSA) is 59.9 Å². The Morgan fingerprint density at radius 3 is 2.39 bits per heavy atom. The molecule has 0 saturated heterocycles. The van der Waals surface area contributed by atoms with Gasteiger partial charge in [0.25, 0.3) is 5.56 Å². The van der Waals surface area contributed by atoms with Crippen molar-refractivity contribution in [1.82, 2.24) is 14.5 Å². The van der Waals surface area contributed by atoms with Crippen molar-refractivity contribution in [3.8, 4) is 0 Å². The van der Waals surface area contributed by atoms with Crippen molar-refractivity contribution in [3.63, 3.8) is 0 Å². The first-order valence-electron chi connectivity index (χ1n) is 10.9. The number of ether oxygens (including phenoxy) is 1. The molecule has 1 N–H and O–H groups in total. The van der Waals surface area contributed by atoms with Crippen LogP contribution in [0.3, 0.4) is 0 Å². The molecular formula is C22H26F3N3O2S. The molecule has 5 nitrogen and oxygen atoms in total. The second-order valence-electron chi connectivity index (χ2n) is 9.71. The van der Waals surface area contributed by atoms with Gasteiger partial charge in [0.15, 0.2) is 4.77 Å². The van der Waals surface area contributed by atoms with Crippen molar-refractivity contribution in [1.29, 1.82) is 0 Å². The minimum atomic E-state index is -4.65. The number of nitrogens with one attached hydrogen (secondary N) is 1. The van der Waals surface area contributed by atoms with E-state index in [0.29, 0.717) is 43.0 Å². The summed E-state index contributed by atoms with van der Waals surface area (Å²) in [6.45, 7) is 0.762. The van der Waals surface area contributed by atoms with E-state index in [-0.39, 0.29) is 15.8 Å². The Labute approximate surface area is 183 Å². The highest BCUT2D eigenvalue weighted by atomic mass is 32.1. The molecule has 6 rings (SSSR count). The van der Waals surface area contributed by atoms with Crippen LogP contribution in [0.4, 0.5) is 13.2 Å². The molecule has 4 saturated carbocycles. The summed E-state index contributed by atoms with van der Waals surface area (Å²) in [5.74, 6) is 1.71. The van der Waals surface area contributed by atoms with Crippen molar-refractivity contribution in [2.24, 2.45) is 17.8 Å². The number of H-pyrrole nitrogens is 1. The van der Waals surface area contributed by atoms with Crippen LogP contribution >= 0.6 is 12.2 Å². The second kappa shape index (κ2) is 7.40. The second-order valence-corrected chi connectivity index (χ2v) is 10.1. The fourth-order valence-corrected chi connectivity index (χ4v) is 7.04. The third-order valence-electron chi connectivity index (χ3n) is 7.57. The highest BCUT2D eigenvalue weighted by Crippen LogP contribution is 2.60. The summed E-state index contributed by atoms with van der Waals surface area (Å²) in [5, 5.41) is -0.424. The molecule has 0 atom stereocenters. The largest absolute Gasteiger partial charge is 0.417 e. The maximum atomic E-state index is 14.2. The number of alkyl halides is 3. The van der Waals surface area contributed by atoms with Crippen molar-refractivity contribution >= 4 is 23.3 Å². The van der Waals surface area contributed by atoms with Crippen LogP contribution in [0, 0.1) is 22.5 Å². The van der Waals surface area contributed by atoms with Crippen molar-refractivity contribution in [2.45, 2.75) is 63.1 Å². The quantitative estimate of drug-likeness (QED) is 0.513. The lowest BCUT2D eigenvalue weighted by atomic mass is 9.48. The molecule has 2 aromatic rings. The number of pyridine rings is 1. The highest BCUT2D eigenvalue weighted by molar-refractivity contribution is 7.71. The maximum absolute atomic E-state index is 14.2. The molecule has 9 heteroatoms. The molecule has 2 aromatic heterocycles. The van der Waals surface area contributed by atoms with Gasteiger partial charge in [0.05, 0.1) is 10.9 Å². The number of aromatic nitrogens is 3. The molecule has 0 spiro atoms. The average Bonchev–Trinajstić information content (AvgIpc) is 2.68. The minimum absolute atomic E-state index is 0.0467. The highest BCUT2D eigenvalue weighted by Gasteiger charge is 2.53. The van der Waals surface area contributed by atoms with E-state index in [9.17, 15) is 18.0 Å². The summed E-state index contributed by atoms with van der Waals surface area (Å²) in [7, 11) is 1.56. The molecule has 4 aliphatic rings. The lowest BCUT2D eigenvalue weighted by molar-refractivity contribution is -0.136. The van der Waals surface area contributed by atoms with Gasteiger partial charge in [-0.15, -0.1) is 0 Å². The fourth-order valence-electron chi connectivity index (χ4n) is 6.77. The van der Waals surface area contributed by atoms with Crippen molar-refractivity contribution < 1.29 is 17.9 Å². The number of aryl methyl sites for hydroxylation is 1. The average molecular weight is 454 g/mol. The molecule has 4 fully saturated rings. The van der Waals surface area contributed by atoms with E-state index >= 15 is 0 Å². The lowest BCUT2D eigenvalue weighted by Crippen LogP contribution is -2.49. The third-order valence-corrected chi connectivity index (χ3v) is 7.89. The van der Waals surface area contributed by atoms with Gasteiger partial charge in [0.1, 0.15) is 5.65 Å². The van der Waals surface area contributed by atoms with Gasteiger partial charge in [-0.2, -0.15) is 13.2 Å². The SMILES string of the molecule is COCCCn1c(=S)[nH]c(=O)c2c(C(F)(F)F)cc(C34CC5CC(CC(C5)C3)C4)nc21. The van der Waals surface area contributed by atoms with Crippen molar-refractivity contribution in [3.05, 3.63) is 32.4 Å². The van der Waals surface area contributed by atoms with Gasteiger partial charge in [-0.3, -0.25) is 9.78 Å². The molecule has 4 aliphatic carbocycles. The van der Waals surface area contributed by atoms with E-state index in [4.69, 9.17) is 21.9 Å². The van der Waals surface area contributed by atoms with Crippen LogP contribution in [0.2, 0.25) is 0 Å². The van der Waals surface area contributed by atoms with Gasteiger partial charge in [0.2, 0.25) is 0 Å². The number of halogens is 3. The van der Waals surface area contributed by atoms with Crippen LogP contribution in [0.1, 0.15) is 56.2 Å². The Kier molecular flexibility index (Phi) is 5.04. The number of methoxy groups -OCH3 is 1. The smallest absolute Gasteiger partial charge is 0.385 e. The summed E-state index contributed by atoms with van der Waals surface area (Å²) in [6.07, 6.45) is 2.13. The molecule has 4 bridgehead atoms. The fraction of sp³-hybridized carbons (Fsp3) is 0.682. The summed E-state index contributed by atoms with van der Waals surface area (Å²) < 4.78 is 49.2. The molecular weight excluding hydrogens is 427 g/mol. The molecule has 168 valence electrons. The molecule has 2 heterocycles. The van der Waals surface area contributed by atoms with Gasteiger partial charge in [-0.25, -0.2) is 4.98 Å². The van der Waals surface area contributed by atoms with E-state index in [2.05, 4.69) is 4.98 Å². The molecule has 0 unspecified atom stereocenters. The monoisotopic (exact) mass is 453 g/mol. The first kappa shape index (κ1) is 21.1.